The van der Waals surface area contributed by atoms with Crippen LogP contribution in [0.5, 0.6) is 5.75 Å². The number of carbonyl (C=O) groups excluding carboxylic acids is 2. The molecule has 24 heavy (non-hydrogen) atoms. The molecule has 0 saturated carbocycles. The van der Waals surface area contributed by atoms with Gasteiger partial charge < -0.3 is 19.3 Å². The molecule has 2 fully saturated rings. The number of ether oxygens (including phenoxy) is 2. The highest BCUT2D eigenvalue weighted by Gasteiger charge is 2.39. The van der Waals surface area contributed by atoms with Crippen molar-refractivity contribution in [2.24, 2.45) is 5.92 Å². The molecule has 0 N–H and O–H groups in total. The molecular formula is C18H24N2O4. The minimum absolute atomic E-state index is 0.0176. The van der Waals surface area contributed by atoms with Crippen molar-refractivity contribution in [3.63, 3.8) is 0 Å². The Balaban J connectivity index is 1.71. The predicted molar refractivity (Wildman–Crippen MR) is 90.0 cm³/mol. The fourth-order valence-electron chi connectivity index (χ4n) is 3.52. The molecule has 6 heteroatoms. The number of amides is 2. The van der Waals surface area contributed by atoms with Crippen LogP contribution in [0.4, 0.5) is 5.69 Å². The van der Waals surface area contributed by atoms with Gasteiger partial charge in [-0.25, -0.2) is 0 Å². The number of hydrogen-bond donors (Lipinski definition) is 0. The van der Waals surface area contributed by atoms with Crippen LogP contribution in [0, 0.1) is 5.92 Å². The fourth-order valence-corrected chi connectivity index (χ4v) is 3.52. The zero-order valence-corrected chi connectivity index (χ0v) is 14.4. The standard InChI is InChI=1S/C18H24N2O4/c1-12-9-19(10-13(2)24-12)18(22)14-7-17(21)20(11-14)15-5-4-6-16(8-15)23-3/h4-6,8,12-14H,7,9-11H2,1-3H3/t12-,13-,14+/m0/s1. The normalized spacial score (nSPS) is 27.5. The number of nitrogens with zero attached hydrogens (tertiary/aromatic N) is 2. The van der Waals surface area contributed by atoms with E-state index < -0.39 is 0 Å². The minimum Gasteiger partial charge on any atom is -0.497 e. The van der Waals surface area contributed by atoms with Gasteiger partial charge in [-0.2, -0.15) is 0 Å². The van der Waals surface area contributed by atoms with E-state index in [0.717, 1.165) is 5.69 Å². The largest absolute Gasteiger partial charge is 0.497 e. The van der Waals surface area contributed by atoms with Crippen LogP contribution in [0.2, 0.25) is 0 Å². The number of rotatable bonds is 3. The first kappa shape index (κ1) is 16.8. The maximum atomic E-state index is 12.8. The van der Waals surface area contributed by atoms with Crippen molar-refractivity contribution in [3.05, 3.63) is 24.3 Å². The summed E-state index contributed by atoms with van der Waals surface area (Å²) in [5.74, 6) is 0.443. The number of hydrogen-bond acceptors (Lipinski definition) is 4. The van der Waals surface area contributed by atoms with Gasteiger partial charge in [0.15, 0.2) is 0 Å². The lowest BCUT2D eigenvalue weighted by atomic mass is 10.1. The summed E-state index contributed by atoms with van der Waals surface area (Å²) >= 11 is 0. The monoisotopic (exact) mass is 332 g/mol. The molecule has 2 heterocycles. The van der Waals surface area contributed by atoms with E-state index in [9.17, 15) is 9.59 Å². The van der Waals surface area contributed by atoms with Gasteiger partial charge >= 0.3 is 0 Å². The average Bonchev–Trinajstić information content (AvgIpc) is 2.95. The summed E-state index contributed by atoms with van der Waals surface area (Å²) in [6.45, 7) is 5.54. The Hall–Kier alpha value is -2.08. The molecule has 3 rings (SSSR count). The summed E-state index contributed by atoms with van der Waals surface area (Å²) in [5, 5.41) is 0. The molecule has 2 aliphatic rings. The SMILES string of the molecule is COc1cccc(N2C[C@H](C(=O)N3C[C@H](C)O[C@@H](C)C3)CC2=O)c1. The number of benzene rings is 1. The van der Waals surface area contributed by atoms with E-state index >= 15 is 0 Å². The molecule has 0 aliphatic carbocycles. The molecule has 0 aromatic heterocycles. The molecule has 0 spiro atoms. The number of morpholine rings is 1. The van der Waals surface area contributed by atoms with Gasteiger partial charge in [0, 0.05) is 37.8 Å². The lowest BCUT2D eigenvalue weighted by Gasteiger charge is -2.36. The summed E-state index contributed by atoms with van der Waals surface area (Å²) in [5.41, 5.74) is 0.776. The maximum absolute atomic E-state index is 12.8. The van der Waals surface area contributed by atoms with E-state index in [-0.39, 0.29) is 36.4 Å². The first-order valence-corrected chi connectivity index (χ1v) is 8.36. The van der Waals surface area contributed by atoms with E-state index in [1.54, 1.807) is 12.0 Å². The van der Waals surface area contributed by atoms with E-state index in [1.807, 2.05) is 43.0 Å². The van der Waals surface area contributed by atoms with Gasteiger partial charge in [0.05, 0.1) is 25.2 Å². The first-order chi connectivity index (χ1) is 11.5. The zero-order valence-electron chi connectivity index (χ0n) is 14.4. The fraction of sp³-hybridized carbons (Fsp3) is 0.556. The van der Waals surface area contributed by atoms with E-state index in [4.69, 9.17) is 9.47 Å². The van der Waals surface area contributed by atoms with E-state index in [0.29, 0.717) is 25.4 Å². The van der Waals surface area contributed by atoms with Crippen molar-refractivity contribution in [2.75, 3.05) is 31.6 Å². The summed E-state index contributed by atoms with van der Waals surface area (Å²) in [7, 11) is 1.60. The smallest absolute Gasteiger partial charge is 0.228 e. The number of methoxy groups -OCH3 is 1. The highest BCUT2D eigenvalue weighted by Crippen LogP contribution is 2.29. The Morgan fingerprint density at radius 1 is 1.21 bits per heavy atom. The molecule has 1 aromatic rings. The topological polar surface area (TPSA) is 59.1 Å². The van der Waals surface area contributed by atoms with Crippen LogP contribution in [0.25, 0.3) is 0 Å². The van der Waals surface area contributed by atoms with E-state index in [2.05, 4.69) is 0 Å². The third-order valence-electron chi connectivity index (χ3n) is 4.57. The average molecular weight is 332 g/mol. The highest BCUT2D eigenvalue weighted by atomic mass is 16.5. The molecule has 0 unspecified atom stereocenters. The summed E-state index contributed by atoms with van der Waals surface area (Å²) in [6.07, 6.45) is 0.324. The Labute approximate surface area is 142 Å². The van der Waals surface area contributed by atoms with Crippen molar-refractivity contribution >= 4 is 17.5 Å². The molecule has 0 bridgehead atoms. The molecule has 0 radical (unpaired) electrons. The quantitative estimate of drug-likeness (QED) is 0.845. The van der Waals surface area contributed by atoms with Crippen LogP contribution in [0.1, 0.15) is 20.3 Å². The van der Waals surface area contributed by atoms with Crippen LogP contribution in [0.15, 0.2) is 24.3 Å². The molecule has 6 nitrogen and oxygen atoms in total. The third kappa shape index (κ3) is 3.38. The van der Waals surface area contributed by atoms with Gasteiger partial charge in [0.1, 0.15) is 5.75 Å². The highest BCUT2D eigenvalue weighted by molar-refractivity contribution is 6.00. The Morgan fingerprint density at radius 2 is 1.92 bits per heavy atom. The summed E-state index contributed by atoms with van der Waals surface area (Å²) in [4.78, 5) is 28.7. The van der Waals surface area contributed by atoms with Crippen molar-refractivity contribution in [1.29, 1.82) is 0 Å². The minimum atomic E-state index is -0.291. The lowest BCUT2D eigenvalue weighted by Crippen LogP contribution is -2.50. The second-order valence-corrected chi connectivity index (χ2v) is 6.61. The van der Waals surface area contributed by atoms with Gasteiger partial charge in [-0.05, 0) is 26.0 Å². The van der Waals surface area contributed by atoms with E-state index in [1.165, 1.54) is 0 Å². The van der Waals surface area contributed by atoms with Crippen LogP contribution < -0.4 is 9.64 Å². The van der Waals surface area contributed by atoms with Crippen LogP contribution in [0.3, 0.4) is 0 Å². The van der Waals surface area contributed by atoms with Crippen LogP contribution in [-0.4, -0.2) is 55.7 Å². The van der Waals surface area contributed by atoms with Crippen LogP contribution >= 0.6 is 0 Å². The molecule has 1 aromatic carbocycles. The molecule has 2 saturated heterocycles. The third-order valence-corrected chi connectivity index (χ3v) is 4.57. The van der Waals surface area contributed by atoms with Gasteiger partial charge in [0.25, 0.3) is 0 Å². The Bertz CT molecular complexity index is 623. The Kier molecular flexibility index (Phi) is 4.76. The second-order valence-electron chi connectivity index (χ2n) is 6.61. The van der Waals surface area contributed by atoms with Crippen molar-refractivity contribution in [3.8, 4) is 5.75 Å². The number of anilines is 1. The van der Waals surface area contributed by atoms with Crippen molar-refractivity contribution in [2.45, 2.75) is 32.5 Å². The zero-order chi connectivity index (χ0) is 17.3. The van der Waals surface area contributed by atoms with Gasteiger partial charge in [-0.1, -0.05) is 6.07 Å². The summed E-state index contributed by atoms with van der Waals surface area (Å²) < 4.78 is 10.9. The number of carbonyl (C=O) groups is 2. The molecule has 3 atom stereocenters. The molecule has 2 aliphatic heterocycles. The van der Waals surface area contributed by atoms with Gasteiger partial charge in [0.2, 0.25) is 11.8 Å². The Morgan fingerprint density at radius 3 is 2.58 bits per heavy atom. The first-order valence-electron chi connectivity index (χ1n) is 8.36. The van der Waals surface area contributed by atoms with Gasteiger partial charge in [-0.15, -0.1) is 0 Å². The van der Waals surface area contributed by atoms with Crippen LogP contribution in [-0.2, 0) is 14.3 Å². The molecule has 130 valence electrons. The second kappa shape index (κ2) is 6.81. The van der Waals surface area contributed by atoms with Crippen molar-refractivity contribution in [1.82, 2.24) is 4.90 Å². The lowest BCUT2D eigenvalue weighted by molar-refractivity contribution is -0.147. The van der Waals surface area contributed by atoms with Gasteiger partial charge in [-0.3, -0.25) is 9.59 Å². The summed E-state index contributed by atoms with van der Waals surface area (Å²) in [6, 6.07) is 7.38. The predicted octanol–water partition coefficient (Wildman–Crippen LogP) is 1.68. The molecular weight excluding hydrogens is 308 g/mol. The molecule has 2 amide bonds. The maximum Gasteiger partial charge on any atom is 0.228 e. The van der Waals surface area contributed by atoms with Crippen molar-refractivity contribution < 1.29 is 19.1 Å².